The second-order valence-corrected chi connectivity index (χ2v) is 5.20. The van der Waals surface area contributed by atoms with Crippen LogP contribution in [0.25, 0.3) is 0 Å². The Bertz CT molecular complexity index is 572. The molecule has 0 saturated carbocycles. The average Bonchev–Trinajstić information content (AvgIpc) is 2.41. The van der Waals surface area contributed by atoms with Gasteiger partial charge in [0.2, 0.25) is 0 Å². The summed E-state index contributed by atoms with van der Waals surface area (Å²) in [5.41, 5.74) is 3.33. The van der Waals surface area contributed by atoms with E-state index in [4.69, 9.17) is 4.74 Å². The van der Waals surface area contributed by atoms with E-state index in [1.807, 2.05) is 18.2 Å². The van der Waals surface area contributed by atoms with Gasteiger partial charge in [-0.15, -0.1) is 0 Å². The maximum absolute atomic E-state index is 5.42. The first-order valence-electron chi connectivity index (χ1n) is 6.13. The molecule has 0 amide bonds. The highest BCUT2D eigenvalue weighted by Gasteiger charge is 2.12. The Balaban J connectivity index is 2.27. The highest BCUT2D eigenvalue weighted by atomic mass is 79.9. The topological polar surface area (TPSA) is 34.1 Å². The summed E-state index contributed by atoms with van der Waals surface area (Å²) in [6.45, 7) is 4.19. The van der Waals surface area contributed by atoms with Crippen molar-refractivity contribution in [3.63, 3.8) is 0 Å². The predicted molar refractivity (Wildman–Crippen MR) is 81.7 cm³/mol. The number of aryl methyl sites for hydroxylation is 1. The zero-order chi connectivity index (χ0) is 13.8. The van der Waals surface area contributed by atoms with Crippen LogP contribution >= 0.6 is 15.9 Å². The number of aromatic nitrogens is 1. The fraction of sp³-hybridized carbons (Fsp3) is 0.267. The van der Waals surface area contributed by atoms with Crippen molar-refractivity contribution in [3.8, 4) is 5.75 Å². The minimum atomic E-state index is 0.135. The van der Waals surface area contributed by atoms with Crippen molar-refractivity contribution in [3.05, 3.63) is 52.3 Å². The summed E-state index contributed by atoms with van der Waals surface area (Å²) in [5, 5.41) is 3.44. The van der Waals surface area contributed by atoms with Gasteiger partial charge in [-0.3, -0.25) is 0 Å². The monoisotopic (exact) mass is 320 g/mol. The number of methoxy groups -OCH3 is 1. The molecule has 0 aliphatic heterocycles. The lowest BCUT2D eigenvalue weighted by Crippen LogP contribution is -2.09. The number of benzene rings is 1. The highest BCUT2D eigenvalue weighted by molar-refractivity contribution is 9.10. The van der Waals surface area contributed by atoms with Crippen molar-refractivity contribution in [2.75, 3.05) is 12.4 Å². The standard InChI is InChI=1S/C15H17BrN2O/c1-10-6-7-14(19-3)12(9-10)11(2)18-13-5-4-8-17-15(13)16/h4-9,11,18H,1-3H3. The van der Waals surface area contributed by atoms with Crippen LogP contribution in [0.15, 0.2) is 41.1 Å². The van der Waals surface area contributed by atoms with Gasteiger partial charge in [0, 0.05) is 11.8 Å². The zero-order valence-electron chi connectivity index (χ0n) is 11.3. The van der Waals surface area contributed by atoms with Crippen molar-refractivity contribution in [2.24, 2.45) is 0 Å². The Hall–Kier alpha value is -1.55. The van der Waals surface area contributed by atoms with Gasteiger partial charge in [0.15, 0.2) is 0 Å². The van der Waals surface area contributed by atoms with Crippen molar-refractivity contribution in [1.82, 2.24) is 4.98 Å². The molecule has 3 nitrogen and oxygen atoms in total. The number of hydrogen-bond acceptors (Lipinski definition) is 3. The number of hydrogen-bond donors (Lipinski definition) is 1. The fourth-order valence-electron chi connectivity index (χ4n) is 2.00. The molecule has 1 aromatic heterocycles. The van der Waals surface area contributed by atoms with E-state index >= 15 is 0 Å². The molecular weight excluding hydrogens is 304 g/mol. The fourth-order valence-corrected chi connectivity index (χ4v) is 2.36. The Kier molecular flexibility index (Phi) is 4.43. The third kappa shape index (κ3) is 3.26. The van der Waals surface area contributed by atoms with Crippen LogP contribution < -0.4 is 10.1 Å². The van der Waals surface area contributed by atoms with Crippen LogP contribution in [0.1, 0.15) is 24.1 Å². The molecule has 100 valence electrons. The van der Waals surface area contributed by atoms with Crippen molar-refractivity contribution in [1.29, 1.82) is 0 Å². The van der Waals surface area contributed by atoms with Crippen molar-refractivity contribution < 1.29 is 4.74 Å². The van der Waals surface area contributed by atoms with Crippen LogP contribution in [-0.2, 0) is 0 Å². The average molecular weight is 321 g/mol. The van der Waals surface area contributed by atoms with Crippen molar-refractivity contribution >= 4 is 21.6 Å². The lowest BCUT2D eigenvalue weighted by molar-refractivity contribution is 0.408. The molecule has 0 bridgehead atoms. The lowest BCUT2D eigenvalue weighted by atomic mass is 10.0. The molecule has 0 aliphatic rings. The van der Waals surface area contributed by atoms with Crippen molar-refractivity contribution in [2.45, 2.75) is 19.9 Å². The zero-order valence-corrected chi connectivity index (χ0v) is 12.9. The molecule has 1 heterocycles. The van der Waals surface area contributed by atoms with Crippen LogP contribution in [0.3, 0.4) is 0 Å². The molecule has 1 atom stereocenters. The Morgan fingerprint density at radius 3 is 2.79 bits per heavy atom. The van der Waals surface area contributed by atoms with E-state index in [-0.39, 0.29) is 6.04 Å². The van der Waals surface area contributed by atoms with Gasteiger partial charge in [-0.05, 0) is 48.0 Å². The quantitative estimate of drug-likeness (QED) is 0.851. The van der Waals surface area contributed by atoms with Gasteiger partial charge in [-0.1, -0.05) is 17.7 Å². The predicted octanol–water partition coefficient (Wildman–Crippen LogP) is 4.33. The maximum Gasteiger partial charge on any atom is 0.129 e. The third-order valence-electron chi connectivity index (χ3n) is 2.98. The molecule has 1 N–H and O–H groups in total. The number of halogens is 1. The molecular formula is C15H17BrN2O. The van der Waals surface area contributed by atoms with Crippen LogP contribution in [0.2, 0.25) is 0 Å². The summed E-state index contributed by atoms with van der Waals surface area (Å²) in [5.74, 6) is 0.894. The molecule has 2 aromatic rings. The Labute approximate surface area is 122 Å². The maximum atomic E-state index is 5.42. The summed E-state index contributed by atoms with van der Waals surface area (Å²) >= 11 is 3.44. The number of pyridine rings is 1. The second kappa shape index (κ2) is 6.06. The van der Waals surface area contributed by atoms with E-state index in [9.17, 15) is 0 Å². The van der Waals surface area contributed by atoms with E-state index in [1.54, 1.807) is 13.3 Å². The van der Waals surface area contributed by atoms with Gasteiger partial charge in [-0.2, -0.15) is 0 Å². The van der Waals surface area contributed by atoms with Crippen LogP contribution in [0.5, 0.6) is 5.75 Å². The minimum absolute atomic E-state index is 0.135. The molecule has 0 saturated heterocycles. The van der Waals surface area contributed by atoms with Gasteiger partial charge in [0.25, 0.3) is 0 Å². The number of ether oxygens (including phenoxy) is 1. The van der Waals surface area contributed by atoms with Gasteiger partial charge < -0.3 is 10.1 Å². The summed E-state index contributed by atoms with van der Waals surface area (Å²) < 4.78 is 6.24. The van der Waals surface area contributed by atoms with Crippen LogP contribution in [0, 0.1) is 6.92 Å². The second-order valence-electron chi connectivity index (χ2n) is 4.45. The molecule has 4 heteroatoms. The van der Waals surface area contributed by atoms with Gasteiger partial charge in [0.1, 0.15) is 10.4 Å². The summed E-state index contributed by atoms with van der Waals surface area (Å²) in [7, 11) is 1.70. The van der Waals surface area contributed by atoms with E-state index in [0.29, 0.717) is 0 Å². The molecule has 0 spiro atoms. The number of nitrogens with one attached hydrogen (secondary N) is 1. The summed E-state index contributed by atoms with van der Waals surface area (Å²) in [6, 6.07) is 10.2. The number of anilines is 1. The first-order chi connectivity index (χ1) is 9.11. The molecule has 1 aromatic carbocycles. The largest absolute Gasteiger partial charge is 0.496 e. The van der Waals surface area contributed by atoms with Gasteiger partial charge in [0.05, 0.1) is 18.8 Å². The normalized spacial score (nSPS) is 12.0. The van der Waals surface area contributed by atoms with E-state index in [1.165, 1.54) is 5.56 Å². The smallest absolute Gasteiger partial charge is 0.129 e. The molecule has 1 unspecified atom stereocenters. The molecule has 0 aliphatic carbocycles. The van der Waals surface area contributed by atoms with E-state index < -0.39 is 0 Å². The Morgan fingerprint density at radius 2 is 2.11 bits per heavy atom. The molecule has 0 radical (unpaired) electrons. The van der Waals surface area contributed by atoms with E-state index in [2.05, 4.69) is 52.2 Å². The highest BCUT2D eigenvalue weighted by Crippen LogP contribution is 2.30. The number of nitrogens with zero attached hydrogens (tertiary/aromatic N) is 1. The summed E-state index contributed by atoms with van der Waals surface area (Å²) in [6.07, 6.45) is 1.76. The number of rotatable bonds is 4. The molecule has 19 heavy (non-hydrogen) atoms. The van der Waals surface area contributed by atoms with Crippen LogP contribution in [-0.4, -0.2) is 12.1 Å². The SMILES string of the molecule is COc1ccc(C)cc1C(C)Nc1cccnc1Br. The third-order valence-corrected chi connectivity index (χ3v) is 3.61. The minimum Gasteiger partial charge on any atom is -0.496 e. The molecule has 0 fully saturated rings. The Morgan fingerprint density at radius 1 is 1.32 bits per heavy atom. The first-order valence-corrected chi connectivity index (χ1v) is 6.92. The van der Waals surface area contributed by atoms with Gasteiger partial charge >= 0.3 is 0 Å². The van der Waals surface area contributed by atoms with E-state index in [0.717, 1.165) is 21.6 Å². The lowest BCUT2D eigenvalue weighted by Gasteiger charge is -2.19. The molecule has 2 rings (SSSR count). The first kappa shape index (κ1) is 13.9. The van der Waals surface area contributed by atoms with Crippen LogP contribution in [0.4, 0.5) is 5.69 Å². The summed E-state index contributed by atoms with van der Waals surface area (Å²) in [4.78, 5) is 4.21. The van der Waals surface area contributed by atoms with Gasteiger partial charge in [-0.25, -0.2) is 4.98 Å².